The van der Waals surface area contributed by atoms with Crippen LogP contribution in [0.3, 0.4) is 0 Å². The summed E-state index contributed by atoms with van der Waals surface area (Å²) in [4.78, 5) is 23.5. The first-order valence-corrected chi connectivity index (χ1v) is 7.36. The first kappa shape index (κ1) is 16.7. The maximum Gasteiger partial charge on any atom is 0.313 e. The second-order valence-corrected chi connectivity index (χ2v) is 6.42. The molecular weight excluding hydrogens is 327 g/mol. The lowest BCUT2D eigenvalue weighted by atomic mass is 9.62. The number of hydrogen-bond acceptors (Lipinski definition) is 4. The Hall–Kier alpha value is -2.13. The van der Waals surface area contributed by atoms with Gasteiger partial charge in [0.1, 0.15) is 0 Å². The standard InChI is InChI=1S/C15H16F3N3O3/c16-9-1-8(2-10(17)11(9)18)21-13(23)12(22)20-6-14-3-15(4-14,5-19)24-7-14/h1-2H,3-7,19H2,(H,20,22)(H,21,23). The minimum atomic E-state index is -1.65. The third-order valence-corrected chi connectivity index (χ3v) is 4.52. The molecule has 4 N–H and O–H groups in total. The molecule has 2 aliphatic heterocycles. The third kappa shape index (κ3) is 2.84. The number of fused-ring (bicyclic) bond motifs is 1. The van der Waals surface area contributed by atoms with Crippen molar-refractivity contribution in [3.05, 3.63) is 29.6 Å². The van der Waals surface area contributed by atoms with Crippen molar-refractivity contribution in [2.75, 3.05) is 25.0 Å². The van der Waals surface area contributed by atoms with Gasteiger partial charge in [-0.3, -0.25) is 9.59 Å². The molecule has 24 heavy (non-hydrogen) atoms. The van der Waals surface area contributed by atoms with Crippen molar-refractivity contribution in [2.24, 2.45) is 11.1 Å². The van der Waals surface area contributed by atoms with E-state index in [2.05, 4.69) is 5.32 Å². The Labute approximate surface area is 135 Å². The van der Waals surface area contributed by atoms with E-state index in [1.165, 1.54) is 0 Å². The number of carbonyl (C=O) groups excluding carboxylic acids is 2. The van der Waals surface area contributed by atoms with Crippen LogP contribution in [0.2, 0.25) is 0 Å². The lowest BCUT2D eigenvalue weighted by Crippen LogP contribution is -2.54. The highest BCUT2D eigenvalue weighted by atomic mass is 19.2. The summed E-state index contributed by atoms with van der Waals surface area (Å²) in [6.45, 7) is 1.11. The van der Waals surface area contributed by atoms with Crippen LogP contribution in [0, 0.1) is 22.9 Å². The van der Waals surface area contributed by atoms with E-state index in [0.717, 1.165) is 0 Å². The number of amides is 2. The zero-order valence-electron chi connectivity index (χ0n) is 12.6. The predicted octanol–water partition coefficient (Wildman–Crippen LogP) is 0.666. The number of nitrogens with two attached hydrogens (primary N) is 1. The molecule has 9 heteroatoms. The highest BCUT2D eigenvalue weighted by Crippen LogP contribution is 2.56. The SMILES string of the molecule is NCC12CC(CNC(=O)C(=O)Nc3cc(F)c(F)c(F)c3)(CO1)C2. The molecule has 2 heterocycles. The Morgan fingerprint density at radius 2 is 1.79 bits per heavy atom. The average Bonchev–Trinajstić information content (AvgIpc) is 3.06. The summed E-state index contributed by atoms with van der Waals surface area (Å²) < 4.78 is 44.6. The van der Waals surface area contributed by atoms with Gasteiger partial charge in [0.25, 0.3) is 0 Å². The Kier molecular flexibility index (Phi) is 4.00. The number of anilines is 1. The van der Waals surface area contributed by atoms with Gasteiger partial charge in [-0.1, -0.05) is 0 Å². The molecule has 0 spiro atoms. The lowest BCUT2D eigenvalue weighted by Gasteiger charge is -2.43. The van der Waals surface area contributed by atoms with Crippen LogP contribution < -0.4 is 16.4 Å². The van der Waals surface area contributed by atoms with Crippen molar-refractivity contribution in [1.29, 1.82) is 0 Å². The second kappa shape index (κ2) is 5.75. The number of carbonyl (C=O) groups is 2. The van der Waals surface area contributed by atoms with Gasteiger partial charge >= 0.3 is 11.8 Å². The molecule has 130 valence electrons. The van der Waals surface area contributed by atoms with Gasteiger partial charge in [-0.15, -0.1) is 0 Å². The van der Waals surface area contributed by atoms with E-state index in [1.54, 1.807) is 0 Å². The van der Waals surface area contributed by atoms with Crippen LogP contribution in [-0.2, 0) is 14.3 Å². The lowest BCUT2D eigenvalue weighted by molar-refractivity contribution is -0.136. The van der Waals surface area contributed by atoms with Crippen LogP contribution in [0.5, 0.6) is 0 Å². The first-order chi connectivity index (χ1) is 11.3. The number of hydrogen-bond donors (Lipinski definition) is 3. The molecule has 1 saturated carbocycles. The Balaban J connectivity index is 1.54. The first-order valence-electron chi connectivity index (χ1n) is 7.36. The summed E-state index contributed by atoms with van der Waals surface area (Å²) >= 11 is 0. The molecule has 0 radical (unpaired) electrons. The zero-order chi connectivity index (χ0) is 17.5. The van der Waals surface area contributed by atoms with Crippen LogP contribution in [0.4, 0.5) is 18.9 Å². The minimum absolute atomic E-state index is 0.219. The van der Waals surface area contributed by atoms with E-state index in [9.17, 15) is 22.8 Å². The highest BCUT2D eigenvalue weighted by molar-refractivity contribution is 6.39. The summed E-state index contributed by atoms with van der Waals surface area (Å²) in [5, 5.41) is 4.49. The Morgan fingerprint density at radius 3 is 2.33 bits per heavy atom. The summed E-state index contributed by atoms with van der Waals surface area (Å²) in [6, 6.07) is 1.18. The molecule has 6 nitrogen and oxygen atoms in total. The molecule has 0 atom stereocenters. The van der Waals surface area contributed by atoms with Gasteiger partial charge in [-0.05, 0) is 12.8 Å². The van der Waals surface area contributed by atoms with Gasteiger partial charge in [-0.2, -0.15) is 0 Å². The van der Waals surface area contributed by atoms with Crippen LogP contribution >= 0.6 is 0 Å². The molecule has 1 aromatic rings. The monoisotopic (exact) mass is 343 g/mol. The molecule has 3 fully saturated rings. The van der Waals surface area contributed by atoms with Crippen molar-refractivity contribution in [3.63, 3.8) is 0 Å². The van der Waals surface area contributed by atoms with Crippen molar-refractivity contribution in [1.82, 2.24) is 5.32 Å². The van der Waals surface area contributed by atoms with Crippen LogP contribution in [0.25, 0.3) is 0 Å². The summed E-state index contributed by atoms with van der Waals surface area (Å²) in [6.07, 6.45) is 1.43. The third-order valence-electron chi connectivity index (χ3n) is 4.52. The van der Waals surface area contributed by atoms with Crippen molar-refractivity contribution in [3.8, 4) is 0 Å². The van der Waals surface area contributed by atoms with Crippen molar-refractivity contribution < 1.29 is 27.5 Å². The summed E-state index contributed by atoms with van der Waals surface area (Å²) in [5.41, 5.74) is 4.75. The van der Waals surface area contributed by atoms with E-state index in [0.29, 0.717) is 38.1 Å². The number of ether oxygens (including phenoxy) is 1. The fourth-order valence-corrected chi connectivity index (χ4v) is 3.37. The summed E-state index contributed by atoms with van der Waals surface area (Å²) in [5.74, 6) is -6.61. The van der Waals surface area contributed by atoms with E-state index in [4.69, 9.17) is 10.5 Å². The molecule has 3 aliphatic rings. The molecule has 0 unspecified atom stereocenters. The maximum absolute atomic E-state index is 13.1. The van der Waals surface area contributed by atoms with E-state index in [1.807, 2.05) is 5.32 Å². The van der Waals surface area contributed by atoms with Crippen LogP contribution in [-0.4, -0.2) is 37.1 Å². The van der Waals surface area contributed by atoms with Gasteiger partial charge in [0.2, 0.25) is 0 Å². The van der Waals surface area contributed by atoms with Gasteiger partial charge in [-0.25, -0.2) is 13.2 Å². The van der Waals surface area contributed by atoms with E-state index in [-0.39, 0.29) is 23.2 Å². The number of halogens is 3. The molecule has 1 aliphatic carbocycles. The second-order valence-electron chi connectivity index (χ2n) is 6.42. The molecule has 2 bridgehead atoms. The molecular formula is C15H16F3N3O3. The Morgan fingerprint density at radius 1 is 1.17 bits per heavy atom. The Bertz CT molecular complexity index is 681. The number of benzene rings is 1. The highest BCUT2D eigenvalue weighted by Gasteiger charge is 2.61. The van der Waals surface area contributed by atoms with E-state index >= 15 is 0 Å². The van der Waals surface area contributed by atoms with E-state index < -0.39 is 29.3 Å². The quantitative estimate of drug-likeness (QED) is 0.553. The predicted molar refractivity (Wildman–Crippen MR) is 77.4 cm³/mol. The van der Waals surface area contributed by atoms with Crippen LogP contribution in [0.1, 0.15) is 12.8 Å². The van der Waals surface area contributed by atoms with Gasteiger partial charge < -0.3 is 21.1 Å². The van der Waals surface area contributed by atoms with Gasteiger partial charge in [0.15, 0.2) is 17.5 Å². The van der Waals surface area contributed by atoms with Gasteiger partial charge in [0, 0.05) is 36.3 Å². The molecule has 1 aromatic carbocycles. The topological polar surface area (TPSA) is 93.5 Å². The fraction of sp³-hybridized carbons (Fsp3) is 0.467. The summed E-state index contributed by atoms with van der Waals surface area (Å²) in [7, 11) is 0. The van der Waals surface area contributed by atoms with Crippen molar-refractivity contribution >= 4 is 17.5 Å². The molecule has 0 aromatic heterocycles. The van der Waals surface area contributed by atoms with Crippen LogP contribution in [0.15, 0.2) is 12.1 Å². The average molecular weight is 343 g/mol. The fourth-order valence-electron chi connectivity index (χ4n) is 3.37. The van der Waals surface area contributed by atoms with Gasteiger partial charge in [0.05, 0.1) is 12.2 Å². The zero-order valence-corrected chi connectivity index (χ0v) is 12.6. The number of nitrogens with one attached hydrogen (secondary N) is 2. The normalized spacial score (nSPS) is 27.5. The number of rotatable bonds is 4. The van der Waals surface area contributed by atoms with Crippen molar-refractivity contribution in [2.45, 2.75) is 18.4 Å². The molecule has 2 amide bonds. The maximum atomic E-state index is 13.1. The molecule has 2 saturated heterocycles. The smallest absolute Gasteiger partial charge is 0.313 e. The molecule has 4 rings (SSSR count). The minimum Gasteiger partial charge on any atom is -0.373 e. The largest absolute Gasteiger partial charge is 0.373 e.